The fourth-order valence-corrected chi connectivity index (χ4v) is 2.30. The molecule has 0 heterocycles. The van der Waals surface area contributed by atoms with Crippen molar-refractivity contribution in [3.05, 3.63) is 59.7 Å². The zero-order valence-corrected chi connectivity index (χ0v) is 17.0. The summed E-state index contributed by atoms with van der Waals surface area (Å²) in [6, 6.07) is 14.0. The van der Waals surface area contributed by atoms with Gasteiger partial charge in [-0.2, -0.15) is 0 Å². The van der Waals surface area contributed by atoms with Gasteiger partial charge >= 0.3 is 0 Å². The molecule has 0 fully saturated rings. The third kappa shape index (κ3) is 5.94. The van der Waals surface area contributed by atoms with Crippen LogP contribution in [0.15, 0.2) is 48.5 Å². The summed E-state index contributed by atoms with van der Waals surface area (Å²) >= 11 is 0. The number of hydrogen-bond donors (Lipinski definition) is 2. The van der Waals surface area contributed by atoms with E-state index in [1.54, 1.807) is 55.4 Å². The second-order valence-electron chi connectivity index (χ2n) is 7.90. The lowest BCUT2D eigenvalue weighted by atomic mass is 9.95. The molecule has 28 heavy (non-hydrogen) atoms. The number of likely N-dealkylation sites (N-methyl/N-ethyl adjacent to an activating group) is 1. The van der Waals surface area contributed by atoms with Gasteiger partial charge in [0.2, 0.25) is 11.8 Å². The highest BCUT2D eigenvalue weighted by Gasteiger charge is 2.21. The van der Waals surface area contributed by atoms with E-state index in [1.807, 2.05) is 32.9 Å². The van der Waals surface area contributed by atoms with Crippen LogP contribution in [0.5, 0.6) is 0 Å². The van der Waals surface area contributed by atoms with Crippen LogP contribution in [0.4, 0.5) is 11.4 Å². The monoisotopic (exact) mass is 381 g/mol. The van der Waals surface area contributed by atoms with Gasteiger partial charge in [0, 0.05) is 36.4 Å². The summed E-state index contributed by atoms with van der Waals surface area (Å²) in [7, 11) is 3.43. The van der Waals surface area contributed by atoms with Crippen molar-refractivity contribution in [3.63, 3.8) is 0 Å². The maximum Gasteiger partial charge on any atom is 0.255 e. The summed E-state index contributed by atoms with van der Waals surface area (Å²) in [5.41, 5.74) is 2.01. The zero-order valence-electron chi connectivity index (χ0n) is 17.0. The summed E-state index contributed by atoms with van der Waals surface area (Å²) in [6.45, 7) is 5.48. The molecule has 6 nitrogen and oxygen atoms in total. The van der Waals surface area contributed by atoms with Crippen LogP contribution in [0.1, 0.15) is 36.7 Å². The minimum absolute atomic E-state index is 0.0194. The normalized spacial score (nSPS) is 10.9. The van der Waals surface area contributed by atoms with Gasteiger partial charge in [-0.25, -0.2) is 0 Å². The molecule has 0 radical (unpaired) electrons. The molecule has 2 rings (SSSR count). The highest BCUT2D eigenvalue weighted by Crippen LogP contribution is 2.19. The summed E-state index contributed by atoms with van der Waals surface area (Å²) in [5.74, 6) is -0.372. The van der Waals surface area contributed by atoms with Crippen molar-refractivity contribution in [1.29, 1.82) is 0 Å². The first-order chi connectivity index (χ1) is 13.1. The van der Waals surface area contributed by atoms with Gasteiger partial charge in [0.05, 0.1) is 6.42 Å². The van der Waals surface area contributed by atoms with E-state index < -0.39 is 5.41 Å². The van der Waals surface area contributed by atoms with E-state index in [1.165, 1.54) is 0 Å². The maximum atomic E-state index is 12.5. The van der Waals surface area contributed by atoms with Crippen molar-refractivity contribution >= 4 is 29.1 Å². The molecular formula is C22H27N3O3. The van der Waals surface area contributed by atoms with Gasteiger partial charge in [0.1, 0.15) is 0 Å². The minimum Gasteiger partial charge on any atom is -0.349 e. The van der Waals surface area contributed by atoms with Crippen molar-refractivity contribution in [2.24, 2.45) is 5.41 Å². The van der Waals surface area contributed by atoms with Gasteiger partial charge in [0.25, 0.3) is 5.91 Å². The Kier molecular flexibility index (Phi) is 6.57. The van der Waals surface area contributed by atoms with Crippen LogP contribution < -0.4 is 10.6 Å². The number of benzene rings is 2. The summed E-state index contributed by atoms with van der Waals surface area (Å²) in [5, 5.41) is 5.65. The van der Waals surface area contributed by atoms with Gasteiger partial charge in [0.15, 0.2) is 0 Å². The van der Waals surface area contributed by atoms with Crippen LogP contribution in [0.25, 0.3) is 0 Å². The first kappa shape index (κ1) is 21.2. The molecule has 2 aromatic carbocycles. The van der Waals surface area contributed by atoms with Crippen molar-refractivity contribution in [2.75, 3.05) is 24.7 Å². The fraction of sp³-hybridized carbons (Fsp3) is 0.318. The maximum absolute atomic E-state index is 12.5. The van der Waals surface area contributed by atoms with Gasteiger partial charge in [-0.05, 0) is 35.9 Å². The molecule has 0 bridgehead atoms. The Bertz CT molecular complexity index is 865. The van der Waals surface area contributed by atoms with Gasteiger partial charge in [-0.3, -0.25) is 14.4 Å². The molecule has 3 amide bonds. The smallest absolute Gasteiger partial charge is 0.255 e. The molecule has 2 N–H and O–H groups in total. The van der Waals surface area contributed by atoms with Crippen molar-refractivity contribution < 1.29 is 14.4 Å². The van der Waals surface area contributed by atoms with Crippen LogP contribution in [0.3, 0.4) is 0 Å². The lowest BCUT2D eigenvalue weighted by Gasteiger charge is -2.18. The number of hydrogen-bond acceptors (Lipinski definition) is 3. The Morgan fingerprint density at radius 3 is 2.11 bits per heavy atom. The van der Waals surface area contributed by atoms with Crippen molar-refractivity contribution in [1.82, 2.24) is 4.90 Å². The summed E-state index contributed by atoms with van der Waals surface area (Å²) < 4.78 is 0. The average molecular weight is 381 g/mol. The van der Waals surface area contributed by atoms with Gasteiger partial charge < -0.3 is 15.5 Å². The quantitative estimate of drug-likeness (QED) is 0.831. The third-order valence-corrected chi connectivity index (χ3v) is 4.13. The van der Waals surface area contributed by atoms with E-state index in [0.717, 1.165) is 5.56 Å². The second kappa shape index (κ2) is 8.69. The lowest BCUT2D eigenvalue weighted by Crippen LogP contribution is -2.27. The predicted molar refractivity (Wildman–Crippen MR) is 111 cm³/mol. The number of anilines is 2. The molecule has 6 heteroatoms. The molecule has 0 aliphatic heterocycles. The minimum atomic E-state index is -0.520. The Balaban J connectivity index is 2.04. The standard InChI is InChI=1S/C22H27N3O3/c1-22(2,3)21(28)24-18-8-6-7-16(14-18)20(27)23-17-11-9-15(10-12-17)13-19(26)25(4)5/h6-12,14H,13H2,1-5H3,(H,23,27)(H,24,28). The first-order valence-corrected chi connectivity index (χ1v) is 9.08. The van der Waals surface area contributed by atoms with Crippen molar-refractivity contribution in [3.8, 4) is 0 Å². The molecule has 148 valence electrons. The van der Waals surface area contributed by atoms with E-state index in [9.17, 15) is 14.4 Å². The van der Waals surface area contributed by atoms with Gasteiger partial charge in [-0.15, -0.1) is 0 Å². The van der Waals surface area contributed by atoms with Crippen LogP contribution in [-0.2, 0) is 16.0 Å². The number of rotatable bonds is 5. The Morgan fingerprint density at radius 2 is 1.54 bits per heavy atom. The SMILES string of the molecule is CN(C)C(=O)Cc1ccc(NC(=O)c2cccc(NC(=O)C(C)(C)C)c2)cc1. The van der Waals surface area contributed by atoms with E-state index in [-0.39, 0.29) is 17.7 Å². The molecule has 0 atom stereocenters. The second-order valence-corrected chi connectivity index (χ2v) is 7.90. The molecule has 2 aromatic rings. The third-order valence-electron chi connectivity index (χ3n) is 4.13. The van der Waals surface area contributed by atoms with E-state index >= 15 is 0 Å². The number of carbonyl (C=O) groups is 3. The number of carbonyl (C=O) groups excluding carboxylic acids is 3. The molecule has 0 unspecified atom stereocenters. The molecule has 0 aromatic heterocycles. The highest BCUT2D eigenvalue weighted by atomic mass is 16.2. The Morgan fingerprint density at radius 1 is 0.893 bits per heavy atom. The molecule has 0 aliphatic rings. The predicted octanol–water partition coefficient (Wildman–Crippen LogP) is 3.55. The lowest BCUT2D eigenvalue weighted by molar-refractivity contribution is -0.128. The van der Waals surface area contributed by atoms with Crippen molar-refractivity contribution in [2.45, 2.75) is 27.2 Å². The molecular weight excluding hydrogens is 354 g/mol. The molecule has 0 aliphatic carbocycles. The topological polar surface area (TPSA) is 78.5 Å². The number of nitrogens with zero attached hydrogens (tertiary/aromatic N) is 1. The van der Waals surface area contributed by atoms with Crippen LogP contribution in [0.2, 0.25) is 0 Å². The highest BCUT2D eigenvalue weighted by molar-refractivity contribution is 6.05. The van der Waals surface area contributed by atoms with Gasteiger partial charge in [-0.1, -0.05) is 39.0 Å². The molecule has 0 saturated heterocycles. The number of nitrogens with one attached hydrogen (secondary N) is 2. The number of amides is 3. The Hall–Kier alpha value is -3.15. The summed E-state index contributed by atoms with van der Waals surface area (Å²) in [4.78, 5) is 37.9. The molecule has 0 saturated carbocycles. The van der Waals surface area contributed by atoms with Crippen LogP contribution in [-0.4, -0.2) is 36.7 Å². The largest absolute Gasteiger partial charge is 0.349 e. The fourth-order valence-electron chi connectivity index (χ4n) is 2.30. The van der Waals surface area contributed by atoms with Crippen LogP contribution >= 0.6 is 0 Å². The summed E-state index contributed by atoms with van der Waals surface area (Å²) in [6.07, 6.45) is 0.316. The van der Waals surface area contributed by atoms with Crippen LogP contribution in [0, 0.1) is 5.41 Å². The molecule has 0 spiro atoms. The van der Waals surface area contributed by atoms with E-state index in [0.29, 0.717) is 23.4 Å². The Labute approximate surface area is 165 Å². The zero-order chi connectivity index (χ0) is 20.9. The van der Waals surface area contributed by atoms with E-state index in [4.69, 9.17) is 0 Å². The first-order valence-electron chi connectivity index (χ1n) is 9.08. The average Bonchev–Trinajstić information content (AvgIpc) is 2.62. The van der Waals surface area contributed by atoms with E-state index in [2.05, 4.69) is 10.6 Å².